The number of benzene rings is 2. The third-order valence-electron chi connectivity index (χ3n) is 5.42. The van der Waals surface area contributed by atoms with Crippen molar-refractivity contribution >= 4 is 35.0 Å². The molecule has 1 amide bonds. The predicted octanol–water partition coefficient (Wildman–Crippen LogP) is 4.51. The van der Waals surface area contributed by atoms with E-state index in [-0.39, 0.29) is 5.91 Å². The molecule has 0 atom stereocenters. The van der Waals surface area contributed by atoms with Crippen LogP contribution in [0.1, 0.15) is 31.7 Å². The van der Waals surface area contributed by atoms with Gasteiger partial charge in [-0.1, -0.05) is 49.5 Å². The number of thiocarbonyl (C=S) groups is 1. The Labute approximate surface area is 173 Å². The quantitative estimate of drug-likeness (QED) is 0.667. The van der Waals surface area contributed by atoms with E-state index in [9.17, 15) is 4.79 Å². The number of carbonyl (C=O) groups is 1. The molecule has 5 heteroatoms. The second-order valence-electron chi connectivity index (χ2n) is 7.23. The molecule has 3 rings (SSSR count). The molecule has 0 aromatic heterocycles. The van der Waals surface area contributed by atoms with E-state index in [1.54, 1.807) is 0 Å². The molecule has 1 fully saturated rings. The first kappa shape index (κ1) is 20.5. The number of likely N-dealkylation sites (tertiary alicyclic amines) is 1. The van der Waals surface area contributed by atoms with Gasteiger partial charge in [0, 0.05) is 43.5 Å². The van der Waals surface area contributed by atoms with Crippen LogP contribution in [-0.2, 0) is 11.2 Å². The fourth-order valence-corrected chi connectivity index (χ4v) is 3.98. The fourth-order valence-electron chi connectivity index (χ4n) is 3.84. The second kappa shape index (κ2) is 10.3. The van der Waals surface area contributed by atoms with E-state index in [4.69, 9.17) is 12.2 Å². The van der Waals surface area contributed by atoms with Gasteiger partial charge in [0.15, 0.2) is 0 Å². The van der Waals surface area contributed by atoms with Gasteiger partial charge in [0.25, 0.3) is 0 Å². The van der Waals surface area contributed by atoms with Gasteiger partial charge >= 0.3 is 0 Å². The number of hydrogen-bond donors (Lipinski definition) is 1. The number of rotatable bonds is 8. The number of nitrogens with zero attached hydrogens (tertiary/aromatic N) is 2. The molecule has 1 aliphatic heterocycles. The van der Waals surface area contributed by atoms with Gasteiger partial charge in [0.1, 0.15) is 0 Å². The fraction of sp³-hybridized carbons (Fsp3) is 0.391. The summed E-state index contributed by atoms with van der Waals surface area (Å²) in [6.45, 7) is 5.08. The van der Waals surface area contributed by atoms with Gasteiger partial charge in [0.2, 0.25) is 5.91 Å². The van der Waals surface area contributed by atoms with E-state index >= 15 is 0 Å². The van der Waals surface area contributed by atoms with Gasteiger partial charge < -0.3 is 15.1 Å². The van der Waals surface area contributed by atoms with Crippen molar-refractivity contribution in [2.24, 2.45) is 0 Å². The molecule has 4 nitrogen and oxygen atoms in total. The lowest BCUT2D eigenvalue weighted by molar-refractivity contribution is -0.119. The van der Waals surface area contributed by atoms with Crippen LogP contribution in [0.3, 0.4) is 0 Å². The SMILES string of the molecule is CCC(=O)N(c1ccccc1)C1CCN(CCc2ccc(NC=S)cc2)CC1. The second-order valence-corrected chi connectivity index (χ2v) is 7.47. The highest BCUT2D eigenvalue weighted by Gasteiger charge is 2.28. The van der Waals surface area contributed by atoms with E-state index in [2.05, 4.69) is 34.5 Å². The molecule has 1 saturated heterocycles. The molecule has 0 saturated carbocycles. The van der Waals surface area contributed by atoms with Crippen molar-refractivity contribution in [2.75, 3.05) is 29.9 Å². The summed E-state index contributed by atoms with van der Waals surface area (Å²) >= 11 is 4.82. The minimum Gasteiger partial charge on any atom is -0.353 e. The lowest BCUT2D eigenvalue weighted by Crippen LogP contribution is -2.47. The Balaban J connectivity index is 1.53. The molecule has 1 aliphatic rings. The summed E-state index contributed by atoms with van der Waals surface area (Å²) in [6, 6.07) is 18.9. The molecule has 148 valence electrons. The summed E-state index contributed by atoms with van der Waals surface area (Å²) in [6.07, 6.45) is 3.64. The minimum absolute atomic E-state index is 0.217. The number of nitrogens with one attached hydrogen (secondary N) is 1. The Morgan fingerprint density at radius 3 is 2.43 bits per heavy atom. The van der Waals surface area contributed by atoms with Crippen molar-refractivity contribution in [1.29, 1.82) is 0 Å². The van der Waals surface area contributed by atoms with E-state index in [1.165, 1.54) is 11.1 Å². The summed E-state index contributed by atoms with van der Waals surface area (Å²) < 4.78 is 0. The molecule has 2 aromatic rings. The van der Waals surface area contributed by atoms with Crippen molar-refractivity contribution in [2.45, 2.75) is 38.6 Å². The Kier molecular flexibility index (Phi) is 7.57. The van der Waals surface area contributed by atoms with Crippen molar-refractivity contribution < 1.29 is 4.79 Å². The van der Waals surface area contributed by atoms with Crippen LogP contribution in [0.4, 0.5) is 11.4 Å². The molecule has 1 N–H and O–H groups in total. The van der Waals surface area contributed by atoms with Crippen LogP contribution in [0.15, 0.2) is 54.6 Å². The molecular weight excluding hydrogens is 366 g/mol. The van der Waals surface area contributed by atoms with E-state index in [0.29, 0.717) is 12.5 Å². The van der Waals surface area contributed by atoms with Crippen molar-refractivity contribution in [3.63, 3.8) is 0 Å². The summed E-state index contributed by atoms with van der Waals surface area (Å²) in [5.74, 6) is 0.217. The maximum absolute atomic E-state index is 12.6. The molecule has 0 bridgehead atoms. The highest BCUT2D eigenvalue weighted by atomic mass is 32.1. The normalized spacial score (nSPS) is 15.2. The van der Waals surface area contributed by atoms with Crippen molar-refractivity contribution in [1.82, 2.24) is 4.90 Å². The van der Waals surface area contributed by atoms with Crippen LogP contribution in [-0.4, -0.2) is 42.0 Å². The topological polar surface area (TPSA) is 35.6 Å². The first-order chi connectivity index (χ1) is 13.7. The standard InChI is InChI=1S/C23H29N3OS/c1-2-23(27)26(21-6-4-3-5-7-21)22-13-16-25(17-14-22)15-12-19-8-10-20(11-9-19)24-18-28/h3-11,18,22H,2,12-17H2,1H3,(H,24,28). The smallest absolute Gasteiger partial charge is 0.226 e. The van der Waals surface area contributed by atoms with Crippen molar-refractivity contribution in [3.8, 4) is 0 Å². The van der Waals surface area contributed by atoms with Gasteiger partial charge in [-0.3, -0.25) is 4.79 Å². The van der Waals surface area contributed by atoms with Gasteiger partial charge in [-0.15, -0.1) is 0 Å². The molecule has 0 radical (unpaired) electrons. The number of piperidine rings is 1. The lowest BCUT2D eigenvalue weighted by Gasteiger charge is -2.38. The zero-order chi connectivity index (χ0) is 19.8. The van der Waals surface area contributed by atoms with E-state index in [1.807, 2.05) is 42.2 Å². The average Bonchev–Trinajstić information content (AvgIpc) is 2.75. The number of anilines is 2. The zero-order valence-corrected chi connectivity index (χ0v) is 17.3. The van der Waals surface area contributed by atoms with E-state index in [0.717, 1.165) is 50.3 Å². The largest absolute Gasteiger partial charge is 0.353 e. The first-order valence-electron chi connectivity index (χ1n) is 10.1. The van der Waals surface area contributed by atoms with Crippen LogP contribution in [0.5, 0.6) is 0 Å². The first-order valence-corrected chi connectivity index (χ1v) is 10.6. The predicted molar refractivity (Wildman–Crippen MR) is 121 cm³/mol. The zero-order valence-electron chi connectivity index (χ0n) is 16.5. The summed E-state index contributed by atoms with van der Waals surface area (Å²) in [7, 11) is 0. The lowest BCUT2D eigenvalue weighted by atomic mass is 10.0. The van der Waals surface area contributed by atoms with Crippen molar-refractivity contribution in [3.05, 3.63) is 60.2 Å². The maximum atomic E-state index is 12.6. The highest BCUT2D eigenvalue weighted by molar-refractivity contribution is 7.79. The third-order valence-corrected chi connectivity index (χ3v) is 5.54. The van der Waals surface area contributed by atoms with Gasteiger partial charge in [0.05, 0.1) is 5.49 Å². The molecule has 2 aromatic carbocycles. The number of para-hydroxylation sites is 1. The molecule has 0 spiro atoms. The molecular formula is C23H29N3OS. The molecule has 28 heavy (non-hydrogen) atoms. The summed E-state index contributed by atoms with van der Waals surface area (Å²) in [4.78, 5) is 17.1. The Morgan fingerprint density at radius 1 is 1.14 bits per heavy atom. The van der Waals surface area contributed by atoms with Crippen LogP contribution in [0, 0.1) is 0 Å². The van der Waals surface area contributed by atoms with Crippen LogP contribution in [0.2, 0.25) is 0 Å². The number of amides is 1. The summed E-state index contributed by atoms with van der Waals surface area (Å²) in [5.41, 5.74) is 4.92. The van der Waals surface area contributed by atoms with Gasteiger partial charge in [-0.25, -0.2) is 0 Å². The summed E-state index contributed by atoms with van der Waals surface area (Å²) in [5, 5.41) is 3.03. The van der Waals surface area contributed by atoms with Gasteiger partial charge in [-0.2, -0.15) is 0 Å². The average molecular weight is 396 g/mol. The Bertz CT molecular complexity index is 755. The van der Waals surface area contributed by atoms with Crippen LogP contribution < -0.4 is 10.2 Å². The van der Waals surface area contributed by atoms with Crippen LogP contribution >= 0.6 is 12.2 Å². The molecule has 1 heterocycles. The highest BCUT2D eigenvalue weighted by Crippen LogP contribution is 2.24. The monoisotopic (exact) mass is 395 g/mol. The van der Waals surface area contributed by atoms with Gasteiger partial charge in [-0.05, 0) is 49.1 Å². The molecule has 0 aliphatic carbocycles. The maximum Gasteiger partial charge on any atom is 0.226 e. The Hall–Kier alpha value is -2.24. The van der Waals surface area contributed by atoms with E-state index < -0.39 is 0 Å². The third kappa shape index (κ3) is 5.40. The minimum atomic E-state index is 0.217. The number of carbonyl (C=O) groups excluding carboxylic acids is 1. The van der Waals surface area contributed by atoms with Crippen LogP contribution in [0.25, 0.3) is 0 Å². The number of hydrogen-bond acceptors (Lipinski definition) is 3. The Morgan fingerprint density at radius 2 is 1.82 bits per heavy atom. The molecule has 0 unspecified atom stereocenters.